The molecule has 0 amide bonds. The molecule has 0 aliphatic rings. The summed E-state index contributed by atoms with van der Waals surface area (Å²) < 4.78 is 12.8. The first-order chi connectivity index (χ1) is 6.56. The number of hydrogen-bond donors (Lipinski definition) is 1. The van der Waals surface area contributed by atoms with Crippen LogP contribution in [0.3, 0.4) is 0 Å². The molecule has 0 saturated carbocycles. The minimum absolute atomic E-state index is 0.159. The van der Waals surface area contributed by atoms with E-state index >= 15 is 0 Å². The van der Waals surface area contributed by atoms with Gasteiger partial charge in [0.1, 0.15) is 5.82 Å². The third-order valence-corrected chi connectivity index (χ3v) is 1.69. The summed E-state index contributed by atoms with van der Waals surface area (Å²) in [6, 6.07) is 1.73. The van der Waals surface area contributed by atoms with E-state index in [1.807, 2.05) is 0 Å². The standard InChI is InChI=1S/C9H8FNO3/c1-2-3-6-4-7(10)5-8(9(6)12)11(13)14/h2,4-5,12H,1,3H2. The van der Waals surface area contributed by atoms with E-state index in [2.05, 4.69) is 6.58 Å². The average Bonchev–Trinajstić information content (AvgIpc) is 2.10. The topological polar surface area (TPSA) is 63.4 Å². The molecule has 0 aliphatic carbocycles. The van der Waals surface area contributed by atoms with Crippen molar-refractivity contribution in [3.63, 3.8) is 0 Å². The number of nitrogens with zero attached hydrogens (tertiary/aromatic N) is 1. The van der Waals surface area contributed by atoms with Crippen LogP contribution >= 0.6 is 0 Å². The van der Waals surface area contributed by atoms with Crippen LogP contribution in [0.4, 0.5) is 10.1 Å². The van der Waals surface area contributed by atoms with E-state index in [-0.39, 0.29) is 12.0 Å². The summed E-state index contributed by atoms with van der Waals surface area (Å²) in [6.45, 7) is 3.40. The van der Waals surface area contributed by atoms with Crippen molar-refractivity contribution < 1.29 is 14.4 Å². The molecule has 0 saturated heterocycles. The van der Waals surface area contributed by atoms with Gasteiger partial charge in [-0.3, -0.25) is 10.1 Å². The zero-order valence-electron chi connectivity index (χ0n) is 7.24. The number of nitro groups is 1. The molecule has 1 rings (SSSR count). The SMILES string of the molecule is C=CCc1cc(F)cc([N+](=O)[O-])c1O. The third kappa shape index (κ3) is 1.87. The van der Waals surface area contributed by atoms with E-state index in [0.717, 1.165) is 6.07 Å². The number of phenols is 1. The van der Waals surface area contributed by atoms with Crippen LogP contribution in [-0.4, -0.2) is 10.0 Å². The van der Waals surface area contributed by atoms with Crippen LogP contribution < -0.4 is 0 Å². The molecule has 0 atom stereocenters. The molecule has 1 aromatic carbocycles. The molecule has 0 spiro atoms. The summed E-state index contributed by atoms with van der Waals surface area (Å²) in [5.41, 5.74) is -0.464. The normalized spacial score (nSPS) is 9.79. The minimum Gasteiger partial charge on any atom is -0.502 e. The Morgan fingerprint density at radius 3 is 2.79 bits per heavy atom. The number of allylic oxidation sites excluding steroid dienone is 1. The van der Waals surface area contributed by atoms with Gasteiger partial charge in [0.2, 0.25) is 0 Å². The number of halogens is 1. The van der Waals surface area contributed by atoms with Crippen LogP contribution in [0, 0.1) is 15.9 Å². The molecule has 5 heteroatoms. The molecule has 0 heterocycles. The molecule has 14 heavy (non-hydrogen) atoms. The van der Waals surface area contributed by atoms with Gasteiger partial charge in [-0.2, -0.15) is 0 Å². The Balaban J connectivity index is 3.31. The summed E-state index contributed by atoms with van der Waals surface area (Å²) in [7, 11) is 0. The molecule has 0 aromatic heterocycles. The Morgan fingerprint density at radius 1 is 1.64 bits per heavy atom. The van der Waals surface area contributed by atoms with Gasteiger partial charge in [0.15, 0.2) is 5.75 Å². The smallest absolute Gasteiger partial charge is 0.313 e. The fourth-order valence-corrected chi connectivity index (χ4v) is 1.09. The van der Waals surface area contributed by atoms with Crippen molar-refractivity contribution in [2.45, 2.75) is 6.42 Å². The van der Waals surface area contributed by atoms with Gasteiger partial charge in [-0.15, -0.1) is 6.58 Å². The van der Waals surface area contributed by atoms with Crippen LogP contribution in [0.25, 0.3) is 0 Å². The Morgan fingerprint density at radius 2 is 2.29 bits per heavy atom. The fraction of sp³-hybridized carbons (Fsp3) is 0.111. The first-order valence-electron chi connectivity index (χ1n) is 3.83. The number of nitro benzene ring substituents is 1. The number of hydrogen-bond acceptors (Lipinski definition) is 3. The summed E-state index contributed by atoms with van der Waals surface area (Å²) in [4.78, 5) is 9.56. The maximum atomic E-state index is 12.8. The molecule has 0 aliphatic heterocycles. The van der Waals surface area contributed by atoms with Crippen molar-refractivity contribution >= 4 is 5.69 Å². The molecular formula is C9H8FNO3. The highest BCUT2D eigenvalue weighted by Gasteiger charge is 2.18. The first-order valence-corrected chi connectivity index (χ1v) is 3.83. The van der Waals surface area contributed by atoms with Gasteiger partial charge in [0, 0.05) is 5.56 Å². The summed E-state index contributed by atoms with van der Waals surface area (Å²) in [5.74, 6) is -1.25. The van der Waals surface area contributed by atoms with Crippen molar-refractivity contribution in [2.24, 2.45) is 0 Å². The van der Waals surface area contributed by atoms with Crippen molar-refractivity contribution in [3.05, 3.63) is 46.3 Å². The Labute approximate surface area is 79.4 Å². The van der Waals surface area contributed by atoms with Crippen LogP contribution in [0.5, 0.6) is 5.75 Å². The van der Waals surface area contributed by atoms with E-state index in [1.165, 1.54) is 6.08 Å². The fourth-order valence-electron chi connectivity index (χ4n) is 1.09. The molecule has 0 bridgehead atoms. The van der Waals surface area contributed by atoms with Crippen molar-refractivity contribution in [3.8, 4) is 5.75 Å². The monoisotopic (exact) mass is 197 g/mol. The van der Waals surface area contributed by atoms with Gasteiger partial charge >= 0.3 is 5.69 Å². The largest absolute Gasteiger partial charge is 0.502 e. The van der Waals surface area contributed by atoms with Gasteiger partial charge in [-0.1, -0.05) is 6.08 Å². The van der Waals surface area contributed by atoms with E-state index in [4.69, 9.17) is 0 Å². The lowest BCUT2D eigenvalue weighted by molar-refractivity contribution is -0.386. The third-order valence-electron chi connectivity index (χ3n) is 1.69. The first kappa shape index (κ1) is 10.2. The predicted molar refractivity (Wildman–Crippen MR) is 48.6 cm³/mol. The highest BCUT2D eigenvalue weighted by Crippen LogP contribution is 2.31. The maximum Gasteiger partial charge on any atom is 0.313 e. The maximum absolute atomic E-state index is 12.8. The lowest BCUT2D eigenvalue weighted by Crippen LogP contribution is -1.94. The number of phenolic OH excluding ortho intramolecular Hbond substituents is 1. The average molecular weight is 197 g/mol. The highest BCUT2D eigenvalue weighted by atomic mass is 19.1. The second kappa shape index (κ2) is 3.87. The second-order valence-corrected chi connectivity index (χ2v) is 2.68. The lowest BCUT2D eigenvalue weighted by Gasteiger charge is -2.02. The molecule has 1 aromatic rings. The Kier molecular flexibility index (Phi) is 2.81. The van der Waals surface area contributed by atoms with Crippen LogP contribution in [0.15, 0.2) is 24.8 Å². The van der Waals surface area contributed by atoms with Crippen LogP contribution in [-0.2, 0) is 6.42 Å². The van der Waals surface area contributed by atoms with Crippen LogP contribution in [0.1, 0.15) is 5.56 Å². The molecule has 0 unspecified atom stereocenters. The summed E-state index contributed by atoms with van der Waals surface area (Å²) in [6.07, 6.45) is 1.61. The molecule has 0 radical (unpaired) electrons. The quantitative estimate of drug-likeness (QED) is 0.458. The van der Waals surface area contributed by atoms with Crippen molar-refractivity contribution in [1.82, 2.24) is 0 Å². The molecule has 1 N–H and O–H groups in total. The van der Waals surface area contributed by atoms with Crippen LogP contribution in [0.2, 0.25) is 0 Å². The minimum atomic E-state index is -0.828. The van der Waals surface area contributed by atoms with E-state index in [0.29, 0.717) is 6.07 Å². The highest BCUT2D eigenvalue weighted by molar-refractivity contribution is 5.51. The molecule has 0 fully saturated rings. The lowest BCUT2D eigenvalue weighted by atomic mass is 10.1. The zero-order chi connectivity index (χ0) is 10.7. The van der Waals surface area contributed by atoms with E-state index < -0.39 is 22.2 Å². The molecule has 74 valence electrons. The Bertz CT molecular complexity index is 390. The van der Waals surface area contributed by atoms with E-state index in [9.17, 15) is 19.6 Å². The Hall–Kier alpha value is -1.91. The van der Waals surface area contributed by atoms with Crippen molar-refractivity contribution in [1.29, 1.82) is 0 Å². The summed E-state index contributed by atoms with van der Waals surface area (Å²) >= 11 is 0. The molecule has 4 nitrogen and oxygen atoms in total. The van der Waals surface area contributed by atoms with Gasteiger partial charge in [0.05, 0.1) is 11.0 Å². The van der Waals surface area contributed by atoms with Gasteiger partial charge in [-0.25, -0.2) is 4.39 Å². The number of aromatic hydroxyl groups is 1. The van der Waals surface area contributed by atoms with Crippen molar-refractivity contribution in [2.75, 3.05) is 0 Å². The molecular weight excluding hydrogens is 189 g/mol. The predicted octanol–water partition coefficient (Wildman–Crippen LogP) is 2.17. The summed E-state index contributed by atoms with van der Waals surface area (Å²) in [5, 5.41) is 19.7. The number of rotatable bonds is 3. The van der Waals surface area contributed by atoms with Gasteiger partial charge in [0.25, 0.3) is 0 Å². The van der Waals surface area contributed by atoms with Gasteiger partial charge in [-0.05, 0) is 12.5 Å². The van der Waals surface area contributed by atoms with E-state index in [1.54, 1.807) is 0 Å². The second-order valence-electron chi connectivity index (χ2n) is 2.68. The zero-order valence-corrected chi connectivity index (χ0v) is 7.24. The number of benzene rings is 1. The van der Waals surface area contributed by atoms with Gasteiger partial charge < -0.3 is 5.11 Å².